The van der Waals surface area contributed by atoms with Crippen molar-refractivity contribution in [3.8, 4) is 5.75 Å². The van der Waals surface area contributed by atoms with E-state index in [9.17, 15) is 9.59 Å². The van der Waals surface area contributed by atoms with Gasteiger partial charge in [0.05, 0.1) is 6.54 Å². The van der Waals surface area contributed by atoms with Crippen molar-refractivity contribution in [2.45, 2.75) is 31.8 Å². The van der Waals surface area contributed by atoms with Gasteiger partial charge in [0.1, 0.15) is 11.9 Å². The molecule has 0 bridgehead atoms. The molecule has 144 valence electrons. The summed E-state index contributed by atoms with van der Waals surface area (Å²) in [7, 11) is 0. The van der Waals surface area contributed by atoms with Crippen LogP contribution in [-0.4, -0.2) is 35.0 Å². The molecule has 3 aromatic rings. The number of fused-ring (bicyclic) bond motifs is 1. The number of aromatic amines is 1. The third-order valence-electron chi connectivity index (χ3n) is 5.22. The van der Waals surface area contributed by atoms with Crippen LogP contribution in [-0.2, 0) is 11.2 Å². The number of hydrogen-bond acceptors (Lipinski definition) is 3. The lowest BCUT2D eigenvalue weighted by Crippen LogP contribution is -2.44. The molecule has 0 aliphatic carbocycles. The van der Waals surface area contributed by atoms with Gasteiger partial charge < -0.3 is 14.6 Å². The number of nitrogens with one attached hydrogen (secondary N) is 1. The lowest BCUT2D eigenvalue weighted by Gasteiger charge is -2.33. The molecule has 1 saturated heterocycles. The molecular formula is C23H24N2O3. The molecule has 1 amide bonds. The number of carbonyl (C=O) groups excluding carboxylic acids is 1. The largest absolute Gasteiger partial charge is 0.489 e. The molecule has 2 heterocycles. The number of likely N-dealkylation sites (tertiary alicyclic amines) is 1. The van der Waals surface area contributed by atoms with Gasteiger partial charge in [-0.3, -0.25) is 9.59 Å². The van der Waals surface area contributed by atoms with Crippen LogP contribution in [0.25, 0.3) is 10.9 Å². The van der Waals surface area contributed by atoms with Crippen molar-refractivity contribution in [1.82, 2.24) is 9.88 Å². The van der Waals surface area contributed by atoms with E-state index in [4.69, 9.17) is 4.74 Å². The fourth-order valence-corrected chi connectivity index (χ4v) is 3.73. The van der Waals surface area contributed by atoms with Crippen molar-refractivity contribution < 1.29 is 9.53 Å². The highest BCUT2D eigenvalue weighted by molar-refractivity contribution is 5.79. The number of ether oxygens (including phenoxy) is 1. The van der Waals surface area contributed by atoms with E-state index in [1.165, 1.54) is 0 Å². The summed E-state index contributed by atoms with van der Waals surface area (Å²) < 4.78 is 6.02. The molecule has 1 atom stereocenters. The van der Waals surface area contributed by atoms with E-state index in [0.717, 1.165) is 36.0 Å². The van der Waals surface area contributed by atoms with Gasteiger partial charge in [-0.15, -0.1) is 0 Å². The third-order valence-corrected chi connectivity index (χ3v) is 5.22. The predicted molar refractivity (Wildman–Crippen MR) is 110 cm³/mol. The molecule has 0 spiro atoms. The molecule has 0 saturated carbocycles. The highest BCUT2D eigenvalue weighted by Crippen LogP contribution is 2.19. The van der Waals surface area contributed by atoms with Crippen molar-refractivity contribution in [2.24, 2.45) is 0 Å². The van der Waals surface area contributed by atoms with E-state index in [0.29, 0.717) is 24.9 Å². The van der Waals surface area contributed by atoms with E-state index in [-0.39, 0.29) is 17.6 Å². The average molecular weight is 376 g/mol. The number of amides is 1. The number of carbonyl (C=O) groups is 1. The van der Waals surface area contributed by atoms with Gasteiger partial charge in [-0.25, -0.2) is 0 Å². The van der Waals surface area contributed by atoms with E-state index < -0.39 is 0 Å². The second-order valence-electron chi connectivity index (χ2n) is 7.25. The first-order chi connectivity index (χ1) is 13.7. The molecule has 4 rings (SSSR count). The Balaban J connectivity index is 1.37. The van der Waals surface area contributed by atoms with Crippen LogP contribution in [0.15, 0.2) is 65.5 Å². The summed E-state index contributed by atoms with van der Waals surface area (Å²) in [5, 5.41) is 0.985. The minimum Gasteiger partial charge on any atom is -0.489 e. The topological polar surface area (TPSA) is 62.4 Å². The van der Waals surface area contributed by atoms with Crippen LogP contribution >= 0.6 is 0 Å². The molecule has 1 fully saturated rings. The maximum absolute atomic E-state index is 12.7. The summed E-state index contributed by atoms with van der Waals surface area (Å²) in [6.45, 7) is 1.35. The van der Waals surface area contributed by atoms with Crippen molar-refractivity contribution in [1.29, 1.82) is 0 Å². The van der Waals surface area contributed by atoms with Crippen LogP contribution in [0, 0.1) is 0 Å². The molecule has 1 aromatic heterocycles. The van der Waals surface area contributed by atoms with Crippen LogP contribution in [0.5, 0.6) is 5.75 Å². The maximum atomic E-state index is 12.7. The Kier molecular flexibility index (Phi) is 5.42. The molecule has 0 radical (unpaired) electrons. The van der Waals surface area contributed by atoms with Crippen molar-refractivity contribution in [3.63, 3.8) is 0 Å². The number of aromatic nitrogens is 1. The fraction of sp³-hybridized carbons (Fsp3) is 0.304. The standard InChI is InChI=1S/C23H24N2O3/c26-22(13-12-18-15-17-7-4-5-11-21(17)24-23(18)27)25-14-6-10-20(16-25)28-19-8-2-1-3-9-19/h1-5,7-9,11,15,20H,6,10,12-14,16H2,(H,24,27). The Morgan fingerprint density at radius 3 is 2.75 bits per heavy atom. The van der Waals surface area contributed by atoms with Gasteiger partial charge >= 0.3 is 0 Å². The number of pyridine rings is 1. The summed E-state index contributed by atoms with van der Waals surface area (Å²) in [5.74, 6) is 0.915. The Morgan fingerprint density at radius 1 is 1.11 bits per heavy atom. The molecular weight excluding hydrogens is 352 g/mol. The Bertz CT molecular complexity index is 1010. The number of rotatable bonds is 5. The monoisotopic (exact) mass is 376 g/mol. The van der Waals surface area contributed by atoms with E-state index in [1.54, 1.807) is 0 Å². The van der Waals surface area contributed by atoms with Crippen LogP contribution in [0.3, 0.4) is 0 Å². The zero-order valence-electron chi connectivity index (χ0n) is 15.8. The summed E-state index contributed by atoms with van der Waals surface area (Å²) in [5.41, 5.74) is 1.36. The number of benzene rings is 2. The summed E-state index contributed by atoms with van der Waals surface area (Å²) >= 11 is 0. The summed E-state index contributed by atoms with van der Waals surface area (Å²) in [4.78, 5) is 29.7. The van der Waals surface area contributed by atoms with Gasteiger partial charge in [0.2, 0.25) is 5.91 Å². The van der Waals surface area contributed by atoms with Gasteiger partial charge in [0.15, 0.2) is 0 Å². The second kappa shape index (κ2) is 8.30. The lowest BCUT2D eigenvalue weighted by atomic mass is 10.1. The van der Waals surface area contributed by atoms with Gasteiger partial charge in [-0.1, -0.05) is 36.4 Å². The number of hydrogen-bond donors (Lipinski definition) is 1. The van der Waals surface area contributed by atoms with Crippen LogP contribution in [0.4, 0.5) is 0 Å². The van der Waals surface area contributed by atoms with Crippen LogP contribution in [0.1, 0.15) is 24.8 Å². The molecule has 1 unspecified atom stereocenters. The number of H-pyrrole nitrogens is 1. The highest BCUT2D eigenvalue weighted by atomic mass is 16.5. The Morgan fingerprint density at radius 2 is 1.89 bits per heavy atom. The van der Waals surface area contributed by atoms with E-state index >= 15 is 0 Å². The first kappa shape index (κ1) is 18.3. The average Bonchev–Trinajstić information content (AvgIpc) is 2.73. The number of aryl methyl sites for hydroxylation is 1. The molecule has 28 heavy (non-hydrogen) atoms. The quantitative estimate of drug-likeness (QED) is 0.741. The number of nitrogens with zero attached hydrogens (tertiary/aromatic N) is 1. The van der Waals surface area contributed by atoms with Gasteiger partial charge in [0, 0.05) is 24.0 Å². The number of para-hydroxylation sites is 2. The predicted octanol–water partition coefficient (Wildman–Crippen LogP) is 3.53. The van der Waals surface area contributed by atoms with Gasteiger partial charge in [-0.05, 0) is 48.9 Å². The Hall–Kier alpha value is -3.08. The van der Waals surface area contributed by atoms with Crippen molar-refractivity contribution in [2.75, 3.05) is 13.1 Å². The Labute approximate surface area is 163 Å². The van der Waals surface area contributed by atoms with Gasteiger partial charge in [-0.2, -0.15) is 0 Å². The van der Waals surface area contributed by atoms with E-state index in [2.05, 4.69) is 4.98 Å². The second-order valence-corrected chi connectivity index (χ2v) is 7.25. The zero-order chi connectivity index (χ0) is 19.3. The molecule has 2 aromatic carbocycles. The first-order valence-electron chi connectivity index (χ1n) is 9.79. The molecule has 1 N–H and O–H groups in total. The third kappa shape index (κ3) is 4.25. The molecule has 5 heteroatoms. The van der Waals surface area contributed by atoms with Crippen LogP contribution < -0.4 is 10.3 Å². The smallest absolute Gasteiger partial charge is 0.251 e. The zero-order valence-corrected chi connectivity index (χ0v) is 15.8. The molecule has 5 nitrogen and oxygen atoms in total. The van der Waals surface area contributed by atoms with Crippen LogP contribution in [0.2, 0.25) is 0 Å². The normalized spacial score (nSPS) is 16.9. The fourth-order valence-electron chi connectivity index (χ4n) is 3.73. The maximum Gasteiger partial charge on any atom is 0.251 e. The minimum atomic E-state index is -0.115. The highest BCUT2D eigenvalue weighted by Gasteiger charge is 2.24. The van der Waals surface area contributed by atoms with Crippen molar-refractivity contribution >= 4 is 16.8 Å². The minimum absolute atomic E-state index is 0.0178. The summed E-state index contributed by atoms with van der Waals surface area (Å²) in [6, 6.07) is 19.3. The first-order valence-corrected chi connectivity index (χ1v) is 9.79. The summed E-state index contributed by atoms with van der Waals surface area (Å²) in [6.07, 6.45) is 2.67. The number of piperidine rings is 1. The molecule has 1 aliphatic rings. The van der Waals surface area contributed by atoms with E-state index in [1.807, 2.05) is 65.6 Å². The van der Waals surface area contributed by atoms with Crippen molar-refractivity contribution in [3.05, 3.63) is 76.6 Å². The SMILES string of the molecule is O=C(CCc1cc2ccccc2[nH]c1=O)N1CCCC(Oc2ccccc2)C1. The lowest BCUT2D eigenvalue weighted by molar-refractivity contribution is -0.133. The van der Waals surface area contributed by atoms with Gasteiger partial charge in [0.25, 0.3) is 5.56 Å². The molecule has 1 aliphatic heterocycles.